The van der Waals surface area contributed by atoms with Crippen molar-refractivity contribution in [2.45, 2.75) is 68.7 Å². The first-order valence-electron chi connectivity index (χ1n) is 11.7. The monoisotopic (exact) mass is 475 g/mol. The zero-order valence-electron chi connectivity index (χ0n) is 19.4. The minimum Gasteiger partial charge on any atom is -0.490 e. The lowest BCUT2D eigenvalue weighted by molar-refractivity contribution is -0.0528. The van der Waals surface area contributed by atoms with E-state index in [-0.39, 0.29) is 18.3 Å². The maximum absolute atomic E-state index is 11.6. The molecule has 0 atom stereocenters. The van der Waals surface area contributed by atoms with Gasteiger partial charge in [0.15, 0.2) is 15.7 Å². The quantitative estimate of drug-likeness (QED) is 0.571. The summed E-state index contributed by atoms with van der Waals surface area (Å²) in [5.41, 5.74) is 0. The van der Waals surface area contributed by atoms with E-state index in [9.17, 15) is 8.42 Å². The second kappa shape index (κ2) is 10.7. The van der Waals surface area contributed by atoms with Crippen LogP contribution < -0.4 is 14.4 Å². The maximum atomic E-state index is 11.6. The molecular formula is C24H33N3O5S. The van der Waals surface area contributed by atoms with Crippen molar-refractivity contribution in [3.8, 4) is 11.6 Å². The van der Waals surface area contributed by atoms with E-state index in [0.717, 1.165) is 63.2 Å². The number of hydrogen-bond donors (Lipinski definition) is 0. The minimum atomic E-state index is -3.18. The Hall–Kier alpha value is -2.39. The number of sulfone groups is 1. The lowest BCUT2D eigenvalue weighted by Crippen LogP contribution is -2.40. The van der Waals surface area contributed by atoms with Crippen molar-refractivity contribution in [2.24, 2.45) is 0 Å². The van der Waals surface area contributed by atoms with Gasteiger partial charge in [0, 0.05) is 25.4 Å². The summed E-state index contributed by atoms with van der Waals surface area (Å²) in [5.74, 6) is 2.17. The van der Waals surface area contributed by atoms with E-state index in [1.807, 2.05) is 19.1 Å². The van der Waals surface area contributed by atoms with E-state index in [1.165, 1.54) is 6.26 Å². The molecule has 2 heterocycles. The van der Waals surface area contributed by atoms with Crippen LogP contribution in [0.3, 0.4) is 0 Å². The lowest BCUT2D eigenvalue weighted by atomic mass is 9.94. The molecule has 4 rings (SSSR count). The average molecular weight is 476 g/mol. The number of aromatic nitrogens is 2. The van der Waals surface area contributed by atoms with Crippen molar-refractivity contribution >= 4 is 15.7 Å². The highest BCUT2D eigenvalue weighted by Gasteiger charge is 2.28. The highest BCUT2D eigenvalue weighted by molar-refractivity contribution is 7.90. The minimum absolute atomic E-state index is 0.147. The molecule has 1 saturated heterocycles. The Morgan fingerprint density at radius 2 is 1.52 bits per heavy atom. The van der Waals surface area contributed by atoms with Gasteiger partial charge in [0.25, 0.3) is 0 Å². The van der Waals surface area contributed by atoms with Crippen LogP contribution in [0.1, 0.15) is 45.4 Å². The third-order valence-electron chi connectivity index (χ3n) is 6.24. The summed E-state index contributed by atoms with van der Waals surface area (Å²) < 4.78 is 41.0. The van der Waals surface area contributed by atoms with E-state index in [2.05, 4.69) is 15.1 Å². The summed E-state index contributed by atoms with van der Waals surface area (Å²) in [6.07, 6.45) is 7.74. The van der Waals surface area contributed by atoms with Gasteiger partial charge in [-0.1, -0.05) is 0 Å². The SMILES string of the molecule is CCOc1ccc(N2CCC(O[C@H]3CC[C@H](Oc4ccc(S(C)(=O)=O)cc4)CC3)CC2)nn1. The lowest BCUT2D eigenvalue weighted by Gasteiger charge is -2.36. The molecule has 0 radical (unpaired) electrons. The summed E-state index contributed by atoms with van der Waals surface area (Å²) >= 11 is 0. The number of ether oxygens (including phenoxy) is 3. The maximum Gasteiger partial charge on any atom is 0.233 e. The first kappa shape index (κ1) is 23.8. The van der Waals surface area contributed by atoms with Crippen LogP contribution in [0.4, 0.5) is 5.82 Å². The smallest absolute Gasteiger partial charge is 0.233 e. The Balaban J connectivity index is 1.18. The molecule has 9 heteroatoms. The molecule has 1 aliphatic carbocycles. The summed E-state index contributed by atoms with van der Waals surface area (Å²) in [5, 5.41) is 8.41. The predicted octanol–water partition coefficient (Wildman–Crippen LogP) is 3.65. The standard InChI is InChI=1S/C24H33N3O5S/c1-3-30-24-13-12-23(25-26-24)27-16-14-21(15-17-27)32-19-6-4-18(5-7-19)31-20-8-10-22(11-9-20)33(2,28)29/h8-13,18-19,21H,3-7,14-17H2,1-2H3/t18-,19-. The Bertz CT molecular complexity index is 982. The third kappa shape index (κ3) is 6.57. The fourth-order valence-corrected chi connectivity index (χ4v) is 5.07. The van der Waals surface area contributed by atoms with Gasteiger partial charge in [-0.15, -0.1) is 10.2 Å². The normalized spacial score (nSPS) is 22.2. The van der Waals surface area contributed by atoms with Crippen LogP contribution in [-0.2, 0) is 14.6 Å². The number of rotatable bonds is 8. The van der Waals surface area contributed by atoms with Crippen LogP contribution >= 0.6 is 0 Å². The Labute approximate surface area is 196 Å². The molecule has 1 saturated carbocycles. The number of benzene rings is 1. The van der Waals surface area contributed by atoms with Crippen LogP contribution in [0.25, 0.3) is 0 Å². The fraction of sp³-hybridized carbons (Fsp3) is 0.583. The van der Waals surface area contributed by atoms with Gasteiger partial charge in [0.1, 0.15) is 5.75 Å². The summed E-state index contributed by atoms with van der Waals surface area (Å²) in [4.78, 5) is 2.56. The van der Waals surface area contributed by atoms with Gasteiger partial charge >= 0.3 is 0 Å². The van der Waals surface area contributed by atoms with Gasteiger partial charge in [0.2, 0.25) is 5.88 Å². The number of anilines is 1. The molecule has 33 heavy (non-hydrogen) atoms. The van der Waals surface area contributed by atoms with Crippen molar-refractivity contribution in [3.05, 3.63) is 36.4 Å². The van der Waals surface area contributed by atoms with Crippen LogP contribution in [0.15, 0.2) is 41.3 Å². The van der Waals surface area contributed by atoms with Crippen LogP contribution in [0.5, 0.6) is 11.6 Å². The zero-order chi connectivity index (χ0) is 23.3. The second-order valence-electron chi connectivity index (χ2n) is 8.75. The van der Waals surface area contributed by atoms with Gasteiger partial charge in [-0.05, 0) is 75.8 Å². The van der Waals surface area contributed by atoms with Crippen LogP contribution in [0, 0.1) is 0 Å². The van der Waals surface area contributed by atoms with Crippen molar-refractivity contribution in [1.82, 2.24) is 10.2 Å². The van der Waals surface area contributed by atoms with E-state index in [0.29, 0.717) is 17.4 Å². The zero-order valence-corrected chi connectivity index (χ0v) is 20.2. The van der Waals surface area contributed by atoms with Crippen molar-refractivity contribution < 1.29 is 22.6 Å². The molecular weight excluding hydrogens is 442 g/mol. The van der Waals surface area contributed by atoms with Gasteiger partial charge in [0.05, 0.1) is 29.8 Å². The van der Waals surface area contributed by atoms with E-state index in [4.69, 9.17) is 14.2 Å². The third-order valence-corrected chi connectivity index (χ3v) is 7.37. The molecule has 0 bridgehead atoms. The summed E-state index contributed by atoms with van der Waals surface area (Å²) in [6.45, 7) is 4.34. The van der Waals surface area contributed by atoms with Gasteiger partial charge in [-0.25, -0.2) is 8.42 Å². The average Bonchev–Trinajstić information content (AvgIpc) is 2.81. The van der Waals surface area contributed by atoms with Crippen LogP contribution in [-0.4, -0.2) is 62.9 Å². The molecule has 0 spiro atoms. The number of nitrogens with zero attached hydrogens (tertiary/aromatic N) is 3. The Morgan fingerprint density at radius 1 is 0.879 bits per heavy atom. The number of piperidine rings is 1. The molecule has 1 aliphatic heterocycles. The Kier molecular flexibility index (Phi) is 7.70. The molecule has 0 amide bonds. The Morgan fingerprint density at radius 3 is 2.09 bits per heavy atom. The highest BCUT2D eigenvalue weighted by Crippen LogP contribution is 2.29. The topological polar surface area (TPSA) is 90.8 Å². The first-order chi connectivity index (χ1) is 15.9. The molecule has 0 unspecified atom stereocenters. The molecule has 2 aliphatic rings. The predicted molar refractivity (Wildman–Crippen MR) is 126 cm³/mol. The summed E-state index contributed by atoms with van der Waals surface area (Å²) in [7, 11) is -3.18. The number of hydrogen-bond acceptors (Lipinski definition) is 8. The van der Waals surface area contributed by atoms with Crippen molar-refractivity contribution in [3.63, 3.8) is 0 Å². The summed E-state index contributed by atoms with van der Waals surface area (Å²) in [6, 6.07) is 10.5. The molecule has 2 aromatic rings. The van der Waals surface area contributed by atoms with Crippen molar-refractivity contribution in [2.75, 3.05) is 30.9 Å². The molecule has 8 nitrogen and oxygen atoms in total. The first-order valence-corrected chi connectivity index (χ1v) is 13.6. The molecule has 2 fully saturated rings. The van der Waals surface area contributed by atoms with Gasteiger partial charge in [-0.3, -0.25) is 0 Å². The fourth-order valence-electron chi connectivity index (χ4n) is 4.44. The van der Waals surface area contributed by atoms with Gasteiger partial charge in [-0.2, -0.15) is 0 Å². The van der Waals surface area contributed by atoms with Gasteiger partial charge < -0.3 is 19.1 Å². The molecule has 0 N–H and O–H groups in total. The van der Waals surface area contributed by atoms with Crippen molar-refractivity contribution in [1.29, 1.82) is 0 Å². The molecule has 1 aromatic carbocycles. The van der Waals surface area contributed by atoms with E-state index < -0.39 is 9.84 Å². The molecule has 180 valence electrons. The van der Waals surface area contributed by atoms with E-state index >= 15 is 0 Å². The molecule has 1 aromatic heterocycles. The highest BCUT2D eigenvalue weighted by atomic mass is 32.2. The second-order valence-corrected chi connectivity index (χ2v) is 10.8. The largest absolute Gasteiger partial charge is 0.490 e. The van der Waals surface area contributed by atoms with E-state index in [1.54, 1.807) is 24.3 Å². The van der Waals surface area contributed by atoms with Crippen LogP contribution in [0.2, 0.25) is 0 Å².